The first-order valence-corrected chi connectivity index (χ1v) is 11.7. The van der Waals surface area contributed by atoms with Crippen molar-refractivity contribution in [1.29, 1.82) is 0 Å². The Morgan fingerprint density at radius 2 is 1.58 bits per heavy atom. The Morgan fingerprint density at radius 3 is 2.22 bits per heavy atom. The Kier molecular flexibility index (Phi) is 8.85. The van der Waals surface area contributed by atoms with Crippen LogP contribution < -0.4 is 0 Å². The van der Waals surface area contributed by atoms with Crippen LogP contribution in [0, 0.1) is 5.92 Å². The van der Waals surface area contributed by atoms with Crippen LogP contribution in [0.15, 0.2) is 76.9 Å². The summed E-state index contributed by atoms with van der Waals surface area (Å²) in [4.78, 5) is 30.9. The van der Waals surface area contributed by atoms with Gasteiger partial charge in [0, 0.05) is 11.6 Å². The van der Waals surface area contributed by atoms with Crippen molar-refractivity contribution in [3.05, 3.63) is 88.6 Å². The number of halogens is 3. The van der Waals surface area contributed by atoms with E-state index in [-0.39, 0.29) is 35.6 Å². The highest BCUT2D eigenvalue weighted by Crippen LogP contribution is 2.43. The number of carbonyl (C=O) groups excluding carboxylic acids is 2. The van der Waals surface area contributed by atoms with E-state index in [0.29, 0.717) is 5.71 Å². The fraction of sp³-hybridized carbons (Fsp3) is 0.321. The average Bonchev–Trinajstić information content (AvgIpc) is 2.82. The van der Waals surface area contributed by atoms with Crippen LogP contribution in [0.3, 0.4) is 0 Å². The quantitative estimate of drug-likeness (QED) is 0.414. The second-order valence-electron chi connectivity index (χ2n) is 8.21. The summed E-state index contributed by atoms with van der Waals surface area (Å²) in [6.07, 6.45) is -2.34. The van der Waals surface area contributed by atoms with Gasteiger partial charge in [0.1, 0.15) is 5.92 Å². The second-order valence-corrected chi connectivity index (χ2v) is 8.21. The highest BCUT2D eigenvalue weighted by Gasteiger charge is 2.44. The fourth-order valence-corrected chi connectivity index (χ4v) is 4.28. The van der Waals surface area contributed by atoms with Crippen LogP contribution in [-0.2, 0) is 25.5 Å². The van der Waals surface area contributed by atoms with E-state index in [1.54, 1.807) is 39.0 Å². The monoisotopic (exact) mass is 499 g/mol. The SMILES string of the molecule is CCOC(=O)C1=C(C=Cc2ccccc2)N=C(C)C(C(=O)OCC)C1c1ccccc1CC(F)(F)F. The Balaban J connectivity index is 2.27. The molecule has 0 aliphatic carbocycles. The largest absolute Gasteiger partial charge is 0.465 e. The van der Waals surface area contributed by atoms with Crippen molar-refractivity contribution < 1.29 is 32.2 Å². The van der Waals surface area contributed by atoms with E-state index < -0.39 is 36.4 Å². The second kappa shape index (κ2) is 11.8. The number of hydrogen-bond acceptors (Lipinski definition) is 5. The van der Waals surface area contributed by atoms with Gasteiger partial charge in [0.25, 0.3) is 0 Å². The number of esters is 2. The molecule has 0 spiro atoms. The Labute approximate surface area is 208 Å². The zero-order chi connectivity index (χ0) is 26.3. The van der Waals surface area contributed by atoms with Crippen molar-refractivity contribution in [3.63, 3.8) is 0 Å². The van der Waals surface area contributed by atoms with Crippen LogP contribution in [0.2, 0.25) is 0 Å². The molecule has 3 rings (SSSR count). The molecule has 1 heterocycles. The van der Waals surface area contributed by atoms with E-state index in [1.807, 2.05) is 30.3 Å². The van der Waals surface area contributed by atoms with E-state index >= 15 is 0 Å². The van der Waals surface area contributed by atoms with Crippen molar-refractivity contribution in [2.24, 2.45) is 10.9 Å². The summed E-state index contributed by atoms with van der Waals surface area (Å²) < 4.78 is 51.0. The first-order chi connectivity index (χ1) is 17.2. The molecule has 0 N–H and O–H groups in total. The molecule has 2 aromatic carbocycles. The van der Waals surface area contributed by atoms with E-state index in [9.17, 15) is 22.8 Å². The lowest BCUT2D eigenvalue weighted by Crippen LogP contribution is -2.37. The first-order valence-electron chi connectivity index (χ1n) is 11.7. The summed E-state index contributed by atoms with van der Waals surface area (Å²) in [7, 11) is 0. The van der Waals surface area contributed by atoms with Gasteiger partial charge in [-0.1, -0.05) is 60.7 Å². The van der Waals surface area contributed by atoms with E-state index in [1.165, 1.54) is 18.2 Å². The summed E-state index contributed by atoms with van der Waals surface area (Å²) in [6.45, 7) is 4.99. The molecule has 190 valence electrons. The van der Waals surface area contributed by atoms with Crippen LogP contribution in [0.25, 0.3) is 6.08 Å². The molecule has 0 fully saturated rings. The topological polar surface area (TPSA) is 65.0 Å². The molecule has 2 unspecified atom stereocenters. The van der Waals surface area contributed by atoms with Crippen LogP contribution >= 0.6 is 0 Å². The van der Waals surface area contributed by atoms with Crippen molar-refractivity contribution in [1.82, 2.24) is 0 Å². The molecule has 1 aliphatic heterocycles. The molecule has 0 radical (unpaired) electrons. The third kappa shape index (κ3) is 6.50. The average molecular weight is 500 g/mol. The van der Waals surface area contributed by atoms with E-state index in [4.69, 9.17) is 9.47 Å². The van der Waals surface area contributed by atoms with Crippen LogP contribution in [0.4, 0.5) is 13.2 Å². The number of aliphatic imine (C=N–C) groups is 1. The molecule has 0 saturated heterocycles. The van der Waals surface area contributed by atoms with Crippen molar-refractivity contribution in [3.8, 4) is 0 Å². The molecule has 1 aliphatic rings. The van der Waals surface area contributed by atoms with Gasteiger partial charge in [-0.25, -0.2) is 4.79 Å². The molecule has 2 aromatic rings. The van der Waals surface area contributed by atoms with Gasteiger partial charge in [0.15, 0.2) is 0 Å². The van der Waals surface area contributed by atoms with Crippen LogP contribution in [-0.4, -0.2) is 37.0 Å². The lowest BCUT2D eigenvalue weighted by Gasteiger charge is -2.33. The highest BCUT2D eigenvalue weighted by molar-refractivity contribution is 6.07. The maximum Gasteiger partial charge on any atom is 0.393 e. The number of hydrogen-bond donors (Lipinski definition) is 0. The van der Waals surface area contributed by atoms with Gasteiger partial charge in [-0.15, -0.1) is 0 Å². The number of nitrogens with zero attached hydrogens (tertiary/aromatic N) is 1. The van der Waals surface area contributed by atoms with Gasteiger partial charge in [-0.05, 0) is 43.5 Å². The maximum atomic E-state index is 13.5. The van der Waals surface area contributed by atoms with Gasteiger partial charge in [-0.3, -0.25) is 9.79 Å². The summed E-state index contributed by atoms with van der Waals surface area (Å²) in [5.74, 6) is -3.58. The van der Waals surface area contributed by atoms with Gasteiger partial charge in [0.2, 0.25) is 0 Å². The van der Waals surface area contributed by atoms with Gasteiger partial charge >= 0.3 is 18.1 Å². The Bertz CT molecular complexity index is 1180. The minimum Gasteiger partial charge on any atom is -0.465 e. The fourth-order valence-electron chi connectivity index (χ4n) is 4.28. The summed E-state index contributed by atoms with van der Waals surface area (Å²) in [5.41, 5.74) is 1.58. The predicted octanol–water partition coefficient (Wildman–Crippen LogP) is 6.06. The zero-order valence-electron chi connectivity index (χ0n) is 20.3. The first kappa shape index (κ1) is 26.9. The molecule has 5 nitrogen and oxygen atoms in total. The van der Waals surface area contributed by atoms with Gasteiger partial charge < -0.3 is 9.47 Å². The molecule has 8 heteroatoms. The summed E-state index contributed by atoms with van der Waals surface area (Å²) >= 11 is 0. The molecule has 0 amide bonds. The molecule has 36 heavy (non-hydrogen) atoms. The van der Waals surface area contributed by atoms with E-state index in [2.05, 4.69) is 4.99 Å². The molecule has 0 aromatic heterocycles. The predicted molar refractivity (Wildman–Crippen MR) is 131 cm³/mol. The smallest absolute Gasteiger partial charge is 0.393 e. The van der Waals surface area contributed by atoms with E-state index in [0.717, 1.165) is 5.56 Å². The van der Waals surface area contributed by atoms with Crippen LogP contribution in [0.1, 0.15) is 43.4 Å². The van der Waals surface area contributed by atoms with Gasteiger partial charge in [0.05, 0.1) is 30.9 Å². The zero-order valence-corrected chi connectivity index (χ0v) is 20.3. The Hall–Kier alpha value is -3.68. The number of allylic oxidation sites excluding steroid dienone is 1. The third-order valence-electron chi connectivity index (χ3n) is 5.72. The molecular formula is C28H28F3NO4. The normalized spacial score (nSPS) is 18.2. The highest BCUT2D eigenvalue weighted by atomic mass is 19.4. The summed E-state index contributed by atoms with van der Waals surface area (Å²) in [6, 6.07) is 15.2. The third-order valence-corrected chi connectivity index (χ3v) is 5.72. The lowest BCUT2D eigenvalue weighted by atomic mass is 9.73. The summed E-state index contributed by atoms with van der Waals surface area (Å²) in [5, 5.41) is 0. The molecule has 2 atom stereocenters. The number of rotatable bonds is 8. The minimum atomic E-state index is -4.49. The minimum absolute atomic E-state index is 0.0160. The van der Waals surface area contributed by atoms with Crippen molar-refractivity contribution >= 4 is 23.7 Å². The maximum absolute atomic E-state index is 13.5. The molecular weight excluding hydrogens is 471 g/mol. The number of benzene rings is 2. The lowest BCUT2D eigenvalue weighted by molar-refractivity contribution is -0.146. The van der Waals surface area contributed by atoms with Crippen molar-refractivity contribution in [2.75, 3.05) is 13.2 Å². The standard InChI is InChI=1S/C28H28F3NO4/c1-4-35-26(33)23-18(3)32-22(16-15-19-11-7-6-8-12-19)25(27(34)36-5-2)24(23)21-14-10-9-13-20(21)17-28(29,30)31/h6-16,23-24H,4-5,17H2,1-3H3. The molecule has 0 bridgehead atoms. The van der Waals surface area contributed by atoms with Crippen LogP contribution in [0.5, 0.6) is 0 Å². The number of carbonyl (C=O) groups is 2. The van der Waals surface area contributed by atoms with Crippen molar-refractivity contribution in [2.45, 2.75) is 39.3 Å². The Morgan fingerprint density at radius 1 is 0.944 bits per heavy atom. The number of ether oxygens (including phenoxy) is 2. The number of alkyl halides is 3. The van der Waals surface area contributed by atoms with Gasteiger partial charge in [-0.2, -0.15) is 13.2 Å². The molecule has 0 saturated carbocycles.